The monoisotopic (exact) mass is 620 g/mol. The number of unbranched alkanes of at least 4 members (excludes halogenated alkanes) is 1. The number of carboxylic acid groups (broad SMARTS) is 1. The molecule has 0 aliphatic carbocycles. The minimum atomic E-state index is -4.23. The van der Waals surface area contributed by atoms with Crippen molar-refractivity contribution < 1.29 is 27.7 Å². The van der Waals surface area contributed by atoms with Crippen LogP contribution in [-0.4, -0.2) is 53.2 Å². The van der Waals surface area contributed by atoms with E-state index < -0.39 is 16.1 Å². The molecule has 3 atom stereocenters. The topological polar surface area (TPSA) is 133 Å². The van der Waals surface area contributed by atoms with Crippen LogP contribution in [0, 0.1) is 6.92 Å². The summed E-state index contributed by atoms with van der Waals surface area (Å²) in [6.45, 7) is 1.92. The number of carboxylic acids is 1. The van der Waals surface area contributed by atoms with Gasteiger partial charge in [0, 0.05) is 17.4 Å². The van der Waals surface area contributed by atoms with E-state index in [1.807, 2.05) is 43.0 Å². The van der Waals surface area contributed by atoms with Gasteiger partial charge in [-0.2, -0.15) is 20.2 Å². The summed E-state index contributed by atoms with van der Waals surface area (Å²) in [6.07, 6.45) is 4.12. The lowest BCUT2D eigenvalue weighted by Crippen LogP contribution is -2.36. The van der Waals surface area contributed by atoms with Gasteiger partial charge in [-0.15, -0.1) is 0 Å². The van der Waals surface area contributed by atoms with Crippen molar-refractivity contribution >= 4 is 55.4 Å². The van der Waals surface area contributed by atoms with Crippen molar-refractivity contribution in [3.63, 3.8) is 0 Å². The highest BCUT2D eigenvalue weighted by molar-refractivity contribution is 8.00. The number of aryl methyl sites for hydroxylation is 3. The maximum absolute atomic E-state index is 11.7. The van der Waals surface area contributed by atoms with Gasteiger partial charge in [0.2, 0.25) is 0 Å². The molecule has 0 saturated carbocycles. The Morgan fingerprint density at radius 2 is 1.63 bits per heavy atom. The molecule has 10 heteroatoms. The van der Waals surface area contributed by atoms with Crippen molar-refractivity contribution in [3.05, 3.63) is 89.5 Å². The number of fused-ring (bicyclic) bond motifs is 3. The van der Waals surface area contributed by atoms with E-state index in [1.54, 1.807) is 6.07 Å². The van der Waals surface area contributed by atoms with Crippen LogP contribution in [0.25, 0.3) is 21.5 Å². The van der Waals surface area contributed by atoms with Crippen LogP contribution in [0.3, 0.4) is 0 Å². The predicted molar refractivity (Wildman–Crippen MR) is 171 cm³/mol. The molecule has 0 bridgehead atoms. The van der Waals surface area contributed by atoms with Crippen LogP contribution in [0.15, 0.2) is 77.7 Å². The van der Waals surface area contributed by atoms with Gasteiger partial charge in [0.25, 0.3) is 10.1 Å². The van der Waals surface area contributed by atoms with Crippen molar-refractivity contribution in [1.29, 1.82) is 0 Å². The number of hydrogen-bond acceptors (Lipinski definition) is 5. The molecular formula is C33H36N2O6S2. The van der Waals surface area contributed by atoms with Crippen LogP contribution in [0.5, 0.6) is 0 Å². The second-order valence-electron chi connectivity index (χ2n) is 11.2. The molecule has 0 unspecified atom stereocenters. The van der Waals surface area contributed by atoms with Gasteiger partial charge in [0.1, 0.15) is 0 Å². The molecule has 8 nitrogen and oxygen atoms in total. The highest BCUT2D eigenvalue weighted by atomic mass is 32.2. The van der Waals surface area contributed by atoms with E-state index in [-0.39, 0.29) is 29.4 Å². The molecule has 4 N–H and O–H groups in total. The van der Waals surface area contributed by atoms with Gasteiger partial charge in [-0.3, -0.25) is 9.35 Å². The maximum atomic E-state index is 11.7. The molecule has 226 valence electrons. The third-order valence-corrected chi connectivity index (χ3v) is 10.5. The summed E-state index contributed by atoms with van der Waals surface area (Å²) in [5, 5.41) is 19.5. The molecular weight excluding hydrogens is 585 g/mol. The van der Waals surface area contributed by atoms with Crippen molar-refractivity contribution in [2.75, 3.05) is 5.75 Å². The first kappa shape index (κ1) is 30.8. The largest absolute Gasteiger partial charge is 0.481 e. The molecule has 2 heterocycles. The fourth-order valence-corrected chi connectivity index (χ4v) is 8.21. The predicted octanol–water partition coefficient (Wildman–Crippen LogP) is 6.13. The molecule has 2 aliphatic heterocycles. The number of urea groups is 1. The summed E-state index contributed by atoms with van der Waals surface area (Å²) >= 11 is 1.87. The fourth-order valence-electron chi connectivity index (χ4n) is 5.94. The van der Waals surface area contributed by atoms with E-state index in [0.29, 0.717) is 23.7 Å². The van der Waals surface area contributed by atoms with Crippen molar-refractivity contribution in [2.24, 2.45) is 0 Å². The van der Waals surface area contributed by atoms with Gasteiger partial charge < -0.3 is 15.7 Å². The molecule has 2 amide bonds. The van der Waals surface area contributed by atoms with Crippen LogP contribution < -0.4 is 10.6 Å². The number of aliphatic carboxylic acids is 1. The average Bonchev–Trinajstić information content (AvgIpc) is 3.51. The number of amides is 2. The van der Waals surface area contributed by atoms with Crippen molar-refractivity contribution in [2.45, 2.75) is 67.7 Å². The Kier molecular flexibility index (Phi) is 9.59. The smallest absolute Gasteiger partial charge is 0.315 e. The Morgan fingerprint density at radius 1 is 0.907 bits per heavy atom. The Labute approximate surface area is 256 Å². The molecule has 4 aromatic carbocycles. The highest BCUT2D eigenvalue weighted by Gasteiger charge is 2.42. The van der Waals surface area contributed by atoms with Gasteiger partial charge in [0.05, 0.1) is 17.0 Å². The first-order valence-corrected chi connectivity index (χ1v) is 17.0. The number of carbonyl (C=O) groups is 2. The lowest BCUT2D eigenvalue weighted by molar-refractivity contribution is -0.137. The molecule has 43 heavy (non-hydrogen) atoms. The third kappa shape index (κ3) is 7.68. The Bertz CT molecular complexity index is 1760. The zero-order chi connectivity index (χ0) is 30.6. The first-order chi connectivity index (χ1) is 20.6. The van der Waals surface area contributed by atoms with Crippen molar-refractivity contribution in [1.82, 2.24) is 10.6 Å². The summed E-state index contributed by atoms with van der Waals surface area (Å²) in [7, 11) is -4.23. The second kappa shape index (κ2) is 13.4. The third-order valence-electron chi connectivity index (χ3n) is 8.06. The number of hydrogen-bond donors (Lipinski definition) is 4. The van der Waals surface area contributed by atoms with Crippen LogP contribution in [0.4, 0.5) is 4.79 Å². The molecule has 6 rings (SSSR count). The molecule has 2 aliphatic rings. The number of rotatable bonds is 9. The molecule has 2 saturated heterocycles. The molecule has 2 fully saturated rings. The molecule has 4 aromatic rings. The Balaban J connectivity index is 0.000000196. The maximum Gasteiger partial charge on any atom is 0.315 e. The zero-order valence-corrected chi connectivity index (χ0v) is 25.6. The number of nitrogens with one attached hydrogen (secondary N) is 2. The van der Waals surface area contributed by atoms with E-state index in [2.05, 4.69) is 47.0 Å². The molecule has 0 spiro atoms. The number of thioether (sulfide) groups is 1. The van der Waals surface area contributed by atoms with Crippen molar-refractivity contribution in [3.8, 4) is 0 Å². The van der Waals surface area contributed by atoms with Crippen LogP contribution in [0.1, 0.15) is 42.4 Å². The van der Waals surface area contributed by atoms with Gasteiger partial charge in [-0.25, -0.2) is 4.79 Å². The quantitative estimate of drug-likeness (QED) is 0.0766. The summed E-state index contributed by atoms with van der Waals surface area (Å²) in [6, 6.07) is 24.3. The SMILES string of the molecule is Cc1ccc(S(=O)(=O)O)c(CCc2cccc3cc4ccccc4cc23)c1.O=C(O)CCCC[C@@H]1SC[C@@H]2NC(=O)N[C@@H]21. The van der Waals surface area contributed by atoms with E-state index in [0.717, 1.165) is 30.6 Å². The normalized spacial score (nSPS) is 19.4. The van der Waals surface area contributed by atoms with E-state index in [4.69, 9.17) is 5.11 Å². The lowest BCUT2D eigenvalue weighted by Gasteiger charge is -2.16. The van der Waals surface area contributed by atoms with Gasteiger partial charge in [-0.05, 0) is 83.5 Å². The Hall–Kier alpha value is -3.60. The van der Waals surface area contributed by atoms with E-state index >= 15 is 0 Å². The number of benzene rings is 4. The summed E-state index contributed by atoms with van der Waals surface area (Å²) in [5.74, 6) is 0.236. The van der Waals surface area contributed by atoms with Gasteiger partial charge >= 0.3 is 12.0 Å². The zero-order valence-electron chi connectivity index (χ0n) is 24.0. The fraction of sp³-hybridized carbons (Fsp3) is 0.333. The summed E-state index contributed by atoms with van der Waals surface area (Å²) in [4.78, 5) is 21.5. The van der Waals surface area contributed by atoms with E-state index in [1.165, 1.54) is 33.2 Å². The number of carbonyl (C=O) groups excluding carboxylic acids is 1. The molecule has 0 radical (unpaired) electrons. The minimum Gasteiger partial charge on any atom is -0.481 e. The highest BCUT2D eigenvalue weighted by Crippen LogP contribution is 2.33. The van der Waals surface area contributed by atoms with Crippen LogP contribution >= 0.6 is 11.8 Å². The second-order valence-corrected chi connectivity index (χ2v) is 13.8. The average molecular weight is 621 g/mol. The van der Waals surface area contributed by atoms with Gasteiger partial charge in [-0.1, -0.05) is 66.6 Å². The first-order valence-electron chi connectivity index (χ1n) is 14.5. The standard InChI is InChI=1S/C23H20O3S.C10H16N2O3S/c1-16-9-12-23(27(24,25)26)21(13-16)11-10-17-7-4-8-20-14-18-5-2-3-6-19(18)15-22(17)20;13-8(14)4-2-1-3-7-9-6(5-16-7)11-10(15)12-9/h2-9,12-15H,10-11H2,1H3,(H,24,25,26);6-7,9H,1-5H2,(H,13,14)(H2,11,12,15)/t;6-,7-,9-/m.0/s1. The van der Waals surface area contributed by atoms with Crippen LogP contribution in [0.2, 0.25) is 0 Å². The Morgan fingerprint density at radius 3 is 2.37 bits per heavy atom. The lowest BCUT2D eigenvalue weighted by atomic mass is 9.95. The summed E-state index contributed by atoms with van der Waals surface area (Å²) < 4.78 is 32.9. The van der Waals surface area contributed by atoms with Crippen LogP contribution in [-0.2, 0) is 27.8 Å². The molecule has 0 aromatic heterocycles. The minimum absolute atomic E-state index is 0.00112. The van der Waals surface area contributed by atoms with Gasteiger partial charge in [0.15, 0.2) is 0 Å². The van der Waals surface area contributed by atoms with E-state index in [9.17, 15) is 22.6 Å². The summed E-state index contributed by atoms with van der Waals surface area (Å²) in [5.41, 5.74) is 2.79.